The summed E-state index contributed by atoms with van der Waals surface area (Å²) >= 11 is 0. The predicted octanol–water partition coefficient (Wildman–Crippen LogP) is 4.05. The minimum absolute atomic E-state index is 0.570. The van der Waals surface area contributed by atoms with E-state index in [4.69, 9.17) is 0 Å². The zero-order valence-electron chi connectivity index (χ0n) is 15.2. The third kappa shape index (κ3) is 5.61. The van der Waals surface area contributed by atoms with Crippen molar-refractivity contribution in [3.8, 4) is 0 Å². The number of hydrogen-bond acceptors (Lipinski definition) is 0. The molecule has 118 valence electrons. The maximum Gasteiger partial charge on any atom is 0.170 e. The zero-order chi connectivity index (χ0) is 16.0. The molecule has 1 rings (SSSR count). The fraction of sp³-hybridized carbons (Fsp3) is 0.684. The van der Waals surface area contributed by atoms with Crippen molar-refractivity contribution in [1.82, 2.24) is 0 Å². The summed E-state index contributed by atoms with van der Waals surface area (Å²) < 4.78 is 4.85. The van der Waals surface area contributed by atoms with Crippen LogP contribution in [0.2, 0.25) is 0 Å². The molecule has 0 radical (unpaired) electrons. The van der Waals surface area contributed by atoms with Crippen molar-refractivity contribution >= 4 is 12.4 Å². The van der Waals surface area contributed by atoms with Crippen LogP contribution in [-0.4, -0.2) is 47.8 Å². The predicted molar refractivity (Wildman–Crippen MR) is 94.0 cm³/mol. The van der Waals surface area contributed by atoms with Gasteiger partial charge in [0.05, 0.1) is 6.42 Å². The molecule has 0 amide bonds. The molecule has 0 aromatic heterocycles. The average molecular weight is 290 g/mol. The van der Waals surface area contributed by atoms with Gasteiger partial charge in [0.2, 0.25) is 0 Å². The molecule has 0 bridgehead atoms. The van der Waals surface area contributed by atoms with Gasteiger partial charge in [-0.25, -0.2) is 9.15 Å². The lowest BCUT2D eigenvalue weighted by molar-refractivity contribution is -0.562. The first kappa shape index (κ1) is 17.9. The average Bonchev–Trinajstić information content (AvgIpc) is 2.44. The van der Waals surface area contributed by atoms with Crippen molar-refractivity contribution in [3.63, 3.8) is 0 Å². The molecule has 1 atom stereocenters. The second kappa shape index (κ2) is 8.31. The lowest BCUT2D eigenvalue weighted by atomic mass is 9.99. The molecule has 1 heterocycles. The van der Waals surface area contributed by atoms with Crippen molar-refractivity contribution in [1.29, 1.82) is 0 Å². The summed E-state index contributed by atoms with van der Waals surface area (Å²) in [5, 5.41) is 0. The fourth-order valence-corrected chi connectivity index (χ4v) is 2.55. The summed E-state index contributed by atoms with van der Waals surface area (Å²) in [5.74, 6) is 0. The van der Waals surface area contributed by atoms with Crippen LogP contribution in [0.3, 0.4) is 0 Å². The number of nitrogens with zero attached hydrogens (tertiary/aromatic N) is 2. The van der Waals surface area contributed by atoms with E-state index in [9.17, 15) is 0 Å². The molecule has 21 heavy (non-hydrogen) atoms. The molecule has 0 aromatic carbocycles. The Balaban J connectivity index is 2.41. The highest BCUT2D eigenvalue weighted by molar-refractivity contribution is 5.58. The maximum absolute atomic E-state index is 2.51. The number of hydrogen-bond donors (Lipinski definition) is 0. The van der Waals surface area contributed by atoms with Gasteiger partial charge >= 0.3 is 0 Å². The van der Waals surface area contributed by atoms with Gasteiger partial charge in [-0.1, -0.05) is 16.7 Å². The summed E-state index contributed by atoms with van der Waals surface area (Å²) in [5.41, 5.74) is 6.02. The Morgan fingerprint density at radius 2 is 2.00 bits per heavy atom. The van der Waals surface area contributed by atoms with E-state index >= 15 is 0 Å². The SMILES string of the molecule is CC(C)=C(C)CC=[N+](C)CCC[N+]1=CCC(C)=C(C)C1C. The summed E-state index contributed by atoms with van der Waals surface area (Å²) in [4.78, 5) is 0. The van der Waals surface area contributed by atoms with Crippen molar-refractivity contribution in [2.24, 2.45) is 0 Å². The molecule has 1 aliphatic rings. The summed E-state index contributed by atoms with van der Waals surface area (Å²) in [6.45, 7) is 15.8. The molecule has 0 saturated heterocycles. The van der Waals surface area contributed by atoms with Crippen LogP contribution in [-0.2, 0) is 0 Å². The Morgan fingerprint density at radius 3 is 2.62 bits per heavy atom. The second-order valence-corrected chi connectivity index (χ2v) is 6.77. The minimum atomic E-state index is 0.570. The Kier molecular flexibility index (Phi) is 7.07. The molecule has 0 N–H and O–H groups in total. The molecule has 2 nitrogen and oxygen atoms in total. The van der Waals surface area contributed by atoms with Crippen LogP contribution in [0, 0.1) is 0 Å². The number of allylic oxidation sites excluding steroid dienone is 3. The van der Waals surface area contributed by atoms with Gasteiger partial charge in [-0.2, -0.15) is 0 Å². The summed E-state index contributed by atoms with van der Waals surface area (Å²) in [7, 11) is 2.19. The van der Waals surface area contributed by atoms with Crippen LogP contribution in [0.1, 0.15) is 60.8 Å². The van der Waals surface area contributed by atoms with Crippen LogP contribution in [0.25, 0.3) is 0 Å². The molecule has 0 saturated carbocycles. The van der Waals surface area contributed by atoms with Crippen molar-refractivity contribution in [2.45, 2.75) is 66.8 Å². The van der Waals surface area contributed by atoms with Gasteiger partial charge in [0.25, 0.3) is 0 Å². The molecular formula is C19H34N2+2. The smallest absolute Gasteiger partial charge is 0.170 e. The van der Waals surface area contributed by atoms with Gasteiger partial charge in [-0.3, -0.25) is 0 Å². The molecule has 0 aliphatic carbocycles. The zero-order valence-corrected chi connectivity index (χ0v) is 15.2. The van der Waals surface area contributed by atoms with E-state index < -0.39 is 0 Å². The van der Waals surface area contributed by atoms with E-state index in [1.165, 1.54) is 17.6 Å². The van der Waals surface area contributed by atoms with Gasteiger partial charge in [0.15, 0.2) is 6.04 Å². The van der Waals surface area contributed by atoms with E-state index in [1.807, 2.05) is 0 Å². The molecule has 1 aliphatic heterocycles. The number of rotatable bonds is 6. The van der Waals surface area contributed by atoms with Gasteiger partial charge in [-0.15, -0.1) is 0 Å². The van der Waals surface area contributed by atoms with Crippen LogP contribution < -0.4 is 0 Å². The molecule has 0 spiro atoms. The molecule has 0 fully saturated rings. The van der Waals surface area contributed by atoms with Crippen molar-refractivity contribution in [3.05, 3.63) is 22.3 Å². The van der Waals surface area contributed by atoms with Gasteiger partial charge in [0.1, 0.15) is 32.6 Å². The fourth-order valence-electron chi connectivity index (χ4n) is 2.55. The monoisotopic (exact) mass is 290 g/mol. The molecule has 0 aromatic rings. The second-order valence-electron chi connectivity index (χ2n) is 6.77. The van der Waals surface area contributed by atoms with Crippen molar-refractivity contribution in [2.75, 3.05) is 20.1 Å². The first-order valence-corrected chi connectivity index (χ1v) is 8.24. The van der Waals surface area contributed by atoms with Gasteiger partial charge in [0, 0.05) is 19.8 Å². The summed E-state index contributed by atoms with van der Waals surface area (Å²) in [6, 6.07) is 0.570. The standard InChI is InChI=1S/C19H34N2/c1-15(2)16(3)9-13-20(7)11-8-12-21-14-10-17(4)18(5)19(21)6/h13-14,19H,8-12H2,1-7H3/q+2. The van der Waals surface area contributed by atoms with Gasteiger partial charge in [-0.05, 0) is 40.2 Å². The van der Waals surface area contributed by atoms with E-state index in [1.54, 1.807) is 11.1 Å². The van der Waals surface area contributed by atoms with Crippen LogP contribution in [0.4, 0.5) is 0 Å². The maximum atomic E-state index is 2.51. The third-order valence-electron chi connectivity index (χ3n) is 4.92. The Morgan fingerprint density at radius 1 is 1.33 bits per heavy atom. The normalized spacial score (nSPS) is 19.7. The van der Waals surface area contributed by atoms with E-state index in [-0.39, 0.29) is 0 Å². The Hall–Kier alpha value is -1.18. The van der Waals surface area contributed by atoms with Crippen LogP contribution in [0.5, 0.6) is 0 Å². The van der Waals surface area contributed by atoms with Crippen molar-refractivity contribution < 1.29 is 9.15 Å². The highest BCUT2D eigenvalue weighted by Crippen LogP contribution is 2.17. The Labute approximate surface area is 131 Å². The lowest BCUT2D eigenvalue weighted by Crippen LogP contribution is -2.31. The first-order chi connectivity index (χ1) is 9.82. The molecule has 2 heteroatoms. The van der Waals surface area contributed by atoms with E-state index in [0.29, 0.717) is 6.04 Å². The minimum Gasteiger partial charge on any atom is -0.242 e. The van der Waals surface area contributed by atoms with E-state index in [2.05, 4.69) is 70.2 Å². The van der Waals surface area contributed by atoms with E-state index in [0.717, 1.165) is 25.9 Å². The lowest BCUT2D eigenvalue weighted by Gasteiger charge is -2.18. The molecular weight excluding hydrogens is 256 g/mol. The highest BCUT2D eigenvalue weighted by atomic mass is 15.0. The quantitative estimate of drug-likeness (QED) is 0.395. The first-order valence-electron chi connectivity index (χ1n) is 8.24. The third-order valence-corrected chi connectivity index (χ3v) is 4.92. The Bertz CT molecular complexity index is 486. The highest BCUT2D eigenvalue weighted by Gasteiger charge is 2.22. The largest absolute Gasteiger partial charge is 0.242 e. The van der Waals surface area contributed by atoms with Gasteiger partial charge < -0.3 is 0 Å². The summed E-state index contributed by atoms with van der Waals surface area (Å²) in [6.07, 6.45) is 8.11. The van der Waals surface area contributed by atoms with Crippen LogP contribution in [0.15, 0.2) is 22.3 Å². The molecule has 1 unspecified atom stereocenters. The topological polar surface area (TPSA) is 6.02 Å². The van der Waals surface area contributed by atoms with Crippen LogP contribution >= 0.6 is 0 Å².